The van der Waals surface area contributed by atoms with Gasteiger partial charge in [0, 0.05) is 85.0 Å². The van der Waals surface area contributed by atoms with Crippen molar-refractivity contribution in [1.82, 2.24) is 48.6 Å². The van der Waals surface area contributed by atoms with Crippen LogP contribution in [0.25, 0.3) is 171 Å². The molecule has 0 spiro atoms. The number of hydrogen-bond acceptors (Lipinski definition) is 8. The van der Waals surface area contributed by atoms with Crippen LogP contribution in [0.15, 0.2) is 381 Å². The highest BCUT2D eigenvalue weighted by atomic mass is 16.3. The van der Waals surface area contributed by atoms with Crippen LogP contribution in [-0.4, -0.2) is 48.6 Å². The third kappa shape index (κ3) is 14.3. The average Bonchev–Trinajstić information content (AvgIpc) is 1.18. The molecule has 0 amide bonds. The second kappa shape index (κ2) is 32.0. The first-order chi connectivity index (χ1) is 57.0. The monoisotopic (exact) mass is 1500 g/mol. The molecule has 556 valence electrons. The molecule has 0 aliphatic heterocycles. The topological polar surface area (TPSA) is 118 Å². The molecule has 0 saturated heterocycles. The summed E-state index contributed by atoms with van der Waals surface area (Å²) >= 11 is 0. The molecule has 0 unspecified atom stereocenters. The third-order valence-corrected chi connectivity index (χ3v) is 21.2. The van der Waals surface area contributed by atoms with Gasteiger partial charge in [0.1, 0.15) is 23.0 Å². The summed E-state index contributed by atoms with van der Waals surface area (Å²) in [6, 6.07) is 128. The Balaban J connectivity index is 0.0000000966. The number of benzene rings is 16. The predicted octanol–water partition coefficient (Wildman–Crippen LogP) is 26.9. The molecule has 23 rings (SSSR count). The van der Waals surface area contributed by atoms with Crippen LogP contribution in [0.2, 0.25) is 0 Å². The Morgan fingerprint density at radius 3 is 1.13 bits per heavy atom. The molecule has 11 nitrogen and oxygen atoms in total. The lowest BCUT2D eigenvalue weighted by Crippen LogP contribution is -1.97. The van der Waals surface area contributed by atoms with Crippen molar-refractivity contribution in [3.63, 3.8) is 0 Å². The van der Waals surface area contributed by atoms with E-state index in [0.29, 0.717) is 5.89 Å². The molecule has 0 saturated carbocycles. The van der Waals surface area contributed by atoms with Gasteiger partial charge in [0.15, 0.2) is 11.5 Å². The molecular weight excluding hydrogens is 1420 g/mol. The fourth-order valence-corrected chi connectivity index (χ4v) is 15.9. The van der Waals surface area contributed by atoms with E-state index in [0.717, 1.165) is 129 Å². The number of para-hydroxylation sites is 7. The highest BCUT2D eigenvalue weighted by Crippen LogP contribution is 2.39. The molecule has 7 aromatic heterocycles. The van der Waals surface area contributed by atoms with Crippen LogP contribution in [0.1, 0.15) is 34.2 Å². The van der Waals surface area contributed by atoms with Crippen molar-refractivity contribution in [3.05, 3.63) is 410 Å². The highest BCUT2D eigenvalue weighted by molar-refractivity contribution is 6.25. The van der Waals surface area contributed by atoms with Crippen LogP contribution < -0.4 is 0 Å². The zero-order valence-corrected chi connectivity index (χ0v) is 65.2. The maximum absolute atomic E-state index is 5.78. The van der Waals surface area contributed by atoms with Crippen molar-refractivity contribution in [3.8, 4) is 39.8 Å². The molecular formula is C105H80N10O. The van der Waals surface area contributed by atoms with Crippen LogP contribution in [0.5, 0.6) is 0 Å². The Hall–Kier alpha value is -15.1. The molecule has 23 aromatic rings. The zero-order chi connectivity index (χ0) is 78.6. The van der Waals surface area contributed by atoms with Crippen LogP contribution >= 0.6 is 0 Å². The largest absolute Gasteiger partial charge is 0.440 e. The number of nitrogens with zero attached hydrogens (tertiary/aromatic N) is 10. The van der Waals surface area contributed by atoms with Gasteiger partial charge in [-0.2, -0.15) is 0 Å². The van der Waals surface area contributed by atoms with Gasteiger partial charge < -0.3 is 4.42 Å². The lowest BCUT2D eigenvalue weighted by Gasteiger charge is -2.10. The lowest BCUT2D eigenvalue weighted by atomic mass is 9.97. The van der Waals surface area contributed by atoms with Crippen molar-refractivity contribution in [1.29, 1.82) is 0 Å². The predicted molar refractivity (Wildman–Crippen MR) is 483 cm³/mol. The minimum absolute atomic E-state index is 0.714. The second-order valence-electron chi connectivity index (χ2n) is 29.0. The number of aryl methyl sites for hydroxylation is 6. The number of pyridine rings is 3. The van der Waals surface area contributed by atoms with Crippen molar-refractivity contribution in [2.75, 3.05) is 0 Å². The Morgan fingerprint density at radius 1 is 0.233 bits per heavy atom. The summed E-state index contributed by atoms with van der Waals surface area (Å²) in [5, 5.41) is 15.9. The van der Waals surface area contributed by atoms with E-state index in [-0.39, 0.29) is 0 Å². The summed E-state index contributed by atoms with van der Waals surface area (Å²) in [5.41, 5.74) is 21.7. The normalized spacial score (nSPS) is 11.2. The number of rotatable bonds is 5. The van der Waals surface area contributed by atoms with Gasteiger partial charge in [-0.05, 0) is 169 Å². The van der Waals surface area contributed by atoms with Crippen molar-refractivity contribution >= 4 is 131 Å². The molecule has 0 fully saturated rings. The summed E-state index contributed by atoms with van der Waals surface area (Å²) < 4.78 is 12.4. The molecule has 0 radical (unpaired) electrons. The van der Waals surface area contributed by atoms with Gasteiger partial charge in [-0.3, -0.25) is 28.7 Å². The van der Waals surface area contributed by atoms with E-state index < -0.39 is 0 Å². The van der Waals surface area contributed by atoms with Gasteiger partial charge in [0.2, 0.25) is 0 Å². The lowest BCUT2D eigenvalue weighted by molar-refractivity contribution is 0.563. The van der Waals surface area contributed by atoms with E-state index in [1.807, 2.05) is 125 Å². The number of aromatic nitrogens is 10. The number of imidazole rings is 3. The van der Waals surface area contributed by atoms with Crippen LogP contribution in [-0.2, 0) is 0 Å². The molecule has 0 bridgehead atoms. The first-order valence-corrected chi connectivity index (χ1v) is 39.1. The first kappa shape index (κ1) is 72.5. The summed E-state index contributed by atoms with van der Waals surface area (Å²) in [6.45, 7) is 12.2. The van der Waals surface area contributed by atoms with E-state index >= 15 is 0 Å². The van der Waals surface area contributed by atoms with Crippen molar-refractivity contribution in [2.45, 2.75) is 41.5 Å². The van der Waals surface area contributed by atoms with Crippen LogP contribution in [0.3, 0.4) is 0 Å². The Morgan fingerprint density at radius 2 is 0.603 bits per heavy atom. The summed E-state index contributed by atoms with van der Waals surface area (Å²) in [7, 11) is 0. The standard InChI is InChI=1S/2C20H16N2.C18H13N.C17H12N2.C16H11NO.C14H12N2/c1-15-8-7-11-17(14-15)22-19-13-6-5-12-18(19)21-20(22)16-9-3-2-4-10-16;1-15-11-13-17(14-12-15)22-19-10-6-5-9-18(19)21-20(22)16-7-3-2-4-8-16;1-12-10-11-17-15-8-3-2-6-13(15)14-7-4-5-9-16(14)18(17)19-12;1-11-8-9-15-13-6-3-2-5-12(13)14-7-4-10-18-16(14)17(15)19-11;1-10-17-15-13-8-4-2-6-11(13)12-7-3-5-9-14(12)16(15)18-10;1-11-15-13-9-5-6-10-14(13)16(11)12-7-3-2-4-8-12/h2*2-14H,1H3;2-11H,1H3;2-10H,1H3;2-9H,1H3;2-10H,1H3. The van der Waals surface area contributed by atoms with Gasteiger partial charge in [0.25, 0.3) is 0 Å². The van der Waals surface area contributed by atoms with E-state index in [4.69, 9.17) is 24.4 Å². The molecule has 0 N–H and O–H groups in total. The van der Waals surface area contributed by atoms with Crippen molar-refractivity contribution in [2.24, 2.45) is 0 Å². The van der Waals surface area contributed by atoms with E-state index in [1.54, 1.807) is 0 Å². The summed E-state index contributed by atoms with van der Waals surface area (Å²) in [5.74, 6) is 3.69. The smallest absolute Gasteiger partial charge is 0.192 e. The van der Waals surface area contributed by atoms with Gasteiger partial charge in [-0.1, -0.05) is 285 Å². The second-order valence-corrected chi connectivity index (χ2v) is 29.0. The number of oxazole rings is 1. The molecule has 7 heterocycles. The third-order valence-electron chi connectivity index (χ3n) is 21.2. The molecule has 0 atom stereocenters. The van der Waals surface area contributed by atoms with Crippen LogP contribution in [0, 0.1) is 41.5 Å². The number of hydrogen-bond donors (Lipinski definition) is 0. The summed E-state index contributed by atoms with van der Waals surface area (Å²) in [4.78, 5) is 32.8. The van der Waals surface area contributed by atoms with E-state index in [2.05, 4.69) is 322 Å². The minimum atomic E-state index is 0.714. The number of fused-ring (bicyclic) bond motifs is 21. The Kier molecular flexibility index (Phi) is 20.0. The average molecular weight is 1500 g/mol. The minimum Gasteiger partial charge on any atom is -0.440 e. The van der Waals surface area contributed by atoms with Crippen molar-refractivity contribution < 1.29 is 4.42 Å². The van der Waals surface area contributed by atoms with E-state index in [1.165, 1.54) is 70.4 Å². The van der Waals surface area contributed by atoms with E-state index in [9.17, 15) is 0 Å². The molecule has 116 heavy (non-hydrogen) atoms. The quantitative estimate of drug-likeness (QED) is 0.156. The van der Waals surface area contributed by atoms with Gasteiger partial charge in [-0.25, -0.2) is 19.9 Å². The fourth-order valence-electron chi connectivity index (χ4n) is 15.9. The van der Waals surface area contributed by atoms with Gasteiger partial charge >= 0.3 is 0 Å². The van der Waals surface area contributed by atoms with Gasteiger partial charge in [-0.15, -0.1) is 0 Å². The molecule has 11 heteroatoms. The Labute approximate surface area is 671 Å². The van der Waals surface area contributed by atoms with Gasteiger partial charge in [0.05, 0.1) is 49.7 Å². The first-order valence-electron chi connectivity index (χ1n) is 39.1. The molecule has 0 aliphatic carbocycles. The maximum Gasteiger partial charge on any atom is 0.192 e. The Bertz CT molecular complexity index is 7240. The zero-order valence-electron chi connectivity index (χ0n) is 65.2. The maximum atomic E-state index is 5.78. The molecule has 16 aromatic carbocycles. The fraction of sp³-hybridized carbons (Fsp3) is 0.0571. The van der Waals surface area contributed by atoms with Crippen LogP contribution in [0.4, 0.5) is 0 Å². The molecule has 0 aliphatic rings. The SMILES string of the molecule is Cc1ccc(-n2c(-c3ccccc3)nc3ccccc32)cc1.Cc1ccc2c3ccccc3c3ccccc3c2n1.Cc1ccc2c3ccccc3c3cccnc3c2n1.Cc1cccc(-n2c(-c3ccccc3)nc3ccccc32)c1.Cc1nc2c3ccccc3c3ccccc3c2o1.Cc1nc2ccccc2n1-c1ccccc1. The summed E-state index contributed by atoms with van der Waals surface area (Å²) in [6.07, 6.45) is 1.83. The highest BCUT2D eigenvalue weighted by Gasteiger charge is 2.19.